The topological polar surface area (TPSA) is 46.5 Å². The van der Waals surface area contributed by atoms with Gasteiger partial charge in [0, 0.05) is 6.61 Å². The minimum atomic E-state index is -0.260. The van der Waals surface area contributed by atoms with Crippen LogP contribution in [0.1, 0.15) is 27.2 Å². The number of hydrogen-bond acceptors (Lipinski definition) is 3. The maximum atomic E-state index is 10.9. The summed E-state index contributed by atoms with van der Waals surface area (Å²) in [7, 11) is 1.36. The van der Waals surface area contributed by atoms with Crippen LogP contribution < -0.4 is 0 Å². The fourth-order valence-corrected chi connectivity index (χ4v) is 0.929. The summed E-state index contributed by atoms with van der Waals surface area (Å²) < 4.78 is 4.53. The van der Waals surface area contributed by atoms with Crippen LogP contribution in [0.25, 0.3) is 0 Å². The Labute approximate surface area is 73.7 Å². The molecule has 0 aromatic heterocycles. The molecule has 0 saturated heterocycles. The molecule has 1 unspecified atom stereocenters. The third kappa shape index (κ3) is 3.72. The molecule has 3 nitrogen and oxygen atoms in total. The first-order valence-corrected chi connectivity index (χ1v) is 4.09. The van der Waals surface area contributed by atoms with Crippen molar-refractivity contribution < 1.29 is 14.6 Å². The fourth-order valence-electron chi connectivity index (χ4n) is 0.929. The van der Waals surface area contributed by atoms with Gasteiger partial charge in [0.2, 0.25) is 0 Å². The van der Waals surface area contributed by atoms with Crippen molar-refractivity contribution in [1.82, 2.24) is 0 Å². The van der Waals surface area contributed by atoms with Gasteiger partial charge in [-0.2, -0.15) is 0 Å². The van der Waals surface area contributed by atoms with Crippen molar-refractivity contribution >= 4 is 5.97 Å². The smallest absolute Gasteiger partial charge is 0.305 e. The number of carbonyl (C=O) groups excluding carboxylic acids is 1. The molecule has 0 aliphatic heterocycles. The highest BCUT2D eigenvalue weighted by atomic mass is 16.5. The van der Waals surface area contributed by atoms with E-state index in [1.807, 2.05) is 20.8 Å². The Bertz CT molecular complexity index is 146. The van der Waals surface area contributed by atoms with Gasteiger partial charge in [0.25, 0.3) is 0 Å². The summed E-state index contributed by atoms with van der Waals surface area (Å²) in [6.45, 7) is 6.02. The molecule has 0 amide bonds. The van der Waals surface area contributed by atoms with Crippen LogP contribution in [0, 0.1) is 11.3 Å². The Morgan fingerprint density at radius 1 is 1.50 bits per heavy atom. The predicted molar refractivity (Wildman–Crippen MR) is 46.7 cm³/mol. The van der Waals surface area contributed by atoms with Crippen LogP contribution in [-0.2, 0) is 9.53 Å². The Kier molecular flexibility index (Phi) is 4.24. The summed E-state index contributed by atoms with van der Waals surface area (Å²) in [5, 5.41) is 9.00. The second kappa shape index (κ2) is 4.45. The normalized spacial score (nSPS) is 14.1. The molecule has 0 bridgehead atoms. The number of carbonyl (C=O) groups is 1. The van der Waals surface area contributed by atoms with Crippen molar-refractivity contribution in [2.45, 2.75) is 27.2 Å². The van der Waals surface area contributed by atoms with Gasteiger partial charge in [-0.1, -0.05) is 20.8 Å². The minimum Gasteiger partial charge on any atom is -0.469 e. The second-order valence-electron chi connectivity index (χ2n) is 4.03. The lowest BCUT2D eigenvalue weighted by molar-refractivity contribution is -0.143. The average Bonchev–Trinajstić information content (AvgIpc) is 1.97. The van der Waals surface area contributed by atoms with Gasteiger partial charge in [-0.3, -0.25) is 4.79 Å². The maximum absolute atomic E-state index is 10.9. The van der Waals surface area contributed by atoms with E-state index in [1.165, 1.54) is 7.11 Å². The van der Waals surface area contributed by atoms with Gasteiger partial charge in [0.15, 0.2) is 0 Å². The van der Waals surface area contributed by atoms with Gasteiger partial charge >= 0.3 is 5.97 Å². The van der Waals surface area contributed by atoms with Crippen LogP contribution in [0.15, 0.2) is 0 Å². The van der Waals surface area contributed by atoms with Gasteiger partial charge in [-0.05, 0) is 11.3 Å². The molecule has 72 valence electrons. The molecular weight excluding hydrogens is 156 g/mol. The van der Waals surface area contributed by atoms with E-state index in [4.69, 9.17) is 5.11 Å². The number of aliphatic hydroxyl groups excluding tert-OH is 1. The van der Waals surface area contributed by atoms with E-state index >= 15 is 0 Å². The number of aliphatic hydroxyl groups is 1. The SMILES string of the molecule is COC(=O)CC(CO)C(C)(C)C. The van der Waals surface area contributed by atoms with Gasteiger partial charge in [0.05, 0.1) is 13.5 Å². The Morgan fingerprint density at radius 3 is 2.25 bits per heavy atom. The molecular formula is C9H18O3. The van der Waals surface area contributed by atoms with Crippen LogP contribution in [0.2, 0.25) is 0 Å². The lowest BCUT2D eigenvalue weighted by atomic mass is 9.79. The molecule has 0 radical (unpaired) electrons. The van der Waals surface area contributed by atoms with E-state index in [2.05, 4.69) is 4.74 Å². The van der Waals surface area contributed by atoms with E-state index in [0.717, 1.165) is 0 Å². The number of ether oxygens (including phenoxy) is 1. The summed E-state index contributed by atoms with van der Waals surface area (Å²) in [5.74, 6) is -0.283. The minimum absolute atomic E-state index is 0.0232. The van der Waals surface area contributed by atoms with E-state index in [1.54, 1.807) is 0 Å². The highest BCUT2D eigenvalue weighted by Crippen LogP contribution is 2.28. The van der Waals surface area contributed by atoms with Gasteiger partial charge in [-0.15, -0.1) is 0 Å². The molecule has 1 atom stereocenters. The van der Waals surface area contributed by atoms with E-state index in [-0.39, 0.29) is 30.3 Å². The molecule has 0 aliphatic carbocycles. The quantitative estimate of drug-likeness (QED) is 0.654. The van der Waals surface area contributed by atoms with Crippen molar-refractivity contribution in [2.24, 2.45) is 11.3 Å². The average molecular weight is 174 g/mol. The molecule has 3 heteroatoms. The zero-order valence-electron chi connectivity index (χ0n) is 8.26. The van der Waals surface area contributed by atoms with Crippen LogP contribution in [0.4, 0.5) is 0 Å². The Hall–Kier alpha value is -0.570. The zero-order valence-corrected chi connectivity index (χ0v) is 8.26. The third-order valence-electron chi connectivity index (χ3n) is 2.09. The van der Waals surface area contributed by atoms with Crippen molar-refractivity contribution in [3.63, 3.8) is 0 Å². The molecule has 0 heterocycles. The highest BCUT2D eigenvalue weighted by molar-refractivity contribution is 5.69. The third-order valence-corrected chi connectivity index (χ3v) is 2.09. The lowest BCUT2D eigenvalue weighted by Crippen LogP contribution is -2.26. The molecule has 0 fully saturated rings. The Balaban J connectivity index is 4.09. The van der Waals surface area contributed by atoms with Crippen molar-refractivity contribution in [2.75, 3.05) is 13.7 Å². The van der Waals surface area contributed by atoms with E-state index < -0.39 is 0 Å². The summed E-state index contributed by atoms with van der Waals surface area (Å²) >= 11 is 0. The lowest BCUT2D eigenvalue weighted by Gasteiger charge is -2.27. The monoisotopic (exact) mass is 174 g/mol. The van der Waals surface area contributed by atoms with Gasteiger partial charge < -0.3 is 9.84 Å². The summed E-state index contributed by atoms with van der Waals surface area (Å²) in [4.78, 5) is 10.9. The molecule has 0 aliphatic rings. The second-order valence-corrected chi connectivity index (χ2v) is 4.03. The Morgan fingerprint density at radius 2 is 2.00 bits per heavy atom. The van der Waals surface area contributed by atoms with Gasteiger partial charge in [0.1, 0.15) is 0 Å². The first-order chi connectivity index (χ1) is 5.41. The summed E-state index contributed by atoms with van der Waals surface area (Å²) in [6.07, 6.45) is 0.288. The van der Waals surface area contributed by atoms with Crippen LogP contribution in [0.5, 0.6) is 0 Å². The van der Waals surface area contributed by atoms with Gasteiger partial charge in [-0.25, -0.2) is 0 Å². The van der Waals surface area contributed by atoms with Crippen molar-refractivity contribution in [1.29, 1.82) is 0 Å². The molecule has 0 aromatic rings. The molecule has 1 N–H and O–H groups in total. The standard InChI is InChI=1S/C9H18O3/c1-9(2,3)7(6-10)5-8(11)12-4/h7,10H,5-6H2,1-4H3. The number of esters is 1. The number of rotatable bonds is 3. The first kappa shape index (κ1) is 11.4. The van der Waals surface area contributed by atoms with Crippen LogP contribution in [0.3, 0.4) is 0 Å². The predicted octanol–water partition coefficient (Wildman–Crippen LogP) is 1.20. The van der Waals surface area contributed by atoms with Crippen molar-refractivity contribution in [3.05, 3.63) is 0 Å². The largest absolute Gasteiger partial charge is 0.469 e. The molecule has 0 aromatic carbocycles. The highest BCUT2D eigenvalue weighted by Gasteiger charge is 2.26. The van der Waals surface area contributed by atoms with E-state index in [9.17, 15) is 4.79 Å². The van der Waals surface area contributed by atoms with Crippen molar-refractivity contribution in [3.8, 4) is 0 Å². The summed E-state index contributed by atoms with van der Waals surface area (Å²) in [6, 6.07) is 0. The fraction of sp³-hybridized carbons (Fsp3) is 0.889. The zero-order chi connectivity index (χ0) is 9.78. The number of hydrogen-bond donors (Lipinski definition) is 1. The van der Waals surface area contributed by atoms with Crippen LogP contribution >= 0.6 is 0 Å². The molecule has 0 saturated carbocycles. The first-order valence-electron chi connectivity index (χ1n) is 4.09. The number of methoxy groups -OCH3 is 1. The molecule has 0 spiro atoms. The molecule has 12 heavy (non-hydrogen) atoms. The summed E-state index contributed by atoms with van der Waals surface area (Å²) in [5.41, 5.74) is -0.0526. The van der Waals surface area contributed by atoms with Crippen LogP contribution in [-0.4, -0.2) is 24.8 Å². The maximum Gasteiger partial charge on any atom is 0.305 e. The van der Waals surface area contributed by atoms with E-state index in [0.29, 0.717) is 0 Å². The molecule has 0 rings (SSSR count).